The number of piperazine rings is 1. The van der Waals surface area contributed by atoms with Crippen molar-refractivity contribution in [2.45, 2.75) is 12.8 Å². The van der Waals surface area contributed by atoms with Crippen LogP contribution in [0.4, 0.5) is 17.1 Å². The van der Waals surface area contributed by atoms with Crippen molar-refractivity contribution in [3.63, 3.8) is 0 Å². The topological polar surface area (TPSA) is 73.9 Å². The molecule has 1 fully saturated rings. The molecular weight excluding hydrogens is 368 g/mol. The number of anilines is 3. The van der Waals surface area contributed by atoms with Crippen molar-refractivity contribution in [2.75, 3.05) is 55.4 Å². The lowest BCUT2D eigenvalue weighted by molar-refractivity contribution is -0.118. The van der Waals surface area contributed by atoms with Gasteiger partial charge < -0.3 is 25.2 Å². The summed E-state index contributed by atoms with van der Waals surface area (Å²) in [7, 11) is 2.14. The normalized spacial score (nSPS) is 16.6. The summed E-state index contributed by atoms with van der Waals surface area (Å²) in [6.07, 6.45) is 0.960. The number of rotatable bonds is 5. The molecule has 0 unspecified atom stereocenters. The summed E-state index contributed by atoms with van der Waals surface area (Å²) in [5, 5.41) is 5.75. The van der Waals surface area contributed by atoms with Crippen LogP contribution in [0.2, 0.25) is 0 Å². The molecule has 1 saturated heterocycles. The number of fused-ring (bicyclic) bond motifs is 1. The Morgan fingerprint density at radius 1 is 1.10 bits per heavy atom. The SMILES string of the molecule is CN1CCN(c2ccc(NC(=O)CCc3ccc4c(c3)NC(=O)CO4)cc2)CC1. The number of benzene rings is 2. The molecule has 7 nitrogen and oxygen atoms in total. The minimum Gasteiger partial charge on any atom is -0.482 e. The van der Waals surface area contributed by atoms with Gasteiger partial charge in [-0.1, -0.05) is 6.07 Å². The number of likely N-dealkylation sites (N-methyl/N-ethyl adjacent to an activating group) is 1. The number of aryl methyl sites for hydroxylation is 1. The van der Waals surface area contributed by atoms with Crippen molar-refractivity contribution in [1.82, 2.24) is 4.90 Å². The zero-order valence-corrected chi connectivity index (χ0v) is 16.6. The van der Waals surface area contributed by atoms with Crippen molar-refractivity contribution < 1.29 is 14.3 Å². The molecule has 2 aliphatic heterocycles. The van der Waals surface area contributed by atoms with E-state index in [-0.39, 0.29) is 18.4 Å². The Kier molecular flexibility index (Phi) is 5.67. The molecule has 2 aromatic rings. The van der Waals surface area contributed by atoms with E-state index in [9.17, 15) is 9.59 Å². The Morgan fingerprint density at radius 2 is 1.86 bits per heavy atom. The molecule has 0 spiro atoms. The maximum Gasteiger partial charge on any atom is 0.262 e. The van der Waals surface area contributed by atoms with Crippen LogP contribution in [0.1, 0.15) is 12.0 Å². The van der Waals surface area contributed by atoms with Gasteiger partial charge in [-0.15, -0.1) is 0 Å². The van der Waals surface area contributed by atoms with E-state index in [4.69, 9.17) is 4.74 Å². The second-order valence-electron chi connectivity index (χ2n) is 7.55. The van der Waals surface area contributed by atoms with Crippen molar-refractivity contribution in [2.24, 2.45) is 0 Å². The highest BCUT2D eigenvalue weighted by atomic mass is 16.5. The van der Waals surface area contributed by atoms with E-state index in [0.717, 1.165) is 37.4 Å². The second-order valence-corrected chi connectivity index (χ2v) is 7.55. The molecule has 0 saturated carbocycles. The summed E-state index contributed by atoms with van der Waals surface area (Å²) < 4.78 is 5.36. The second kappa shape index (κ2) is 8.53. The van der Waals surface area contributed by atoms with Crippen molar-refractivity contribution >= 4 is 28.9 Å². The molecule has 0 bridgehead atoms. The Bertz CT molecular complexity index is 889. The Labute approximate surface area is 170 Å². The van der Waals surface area contributed by atoms with E-state index in [2.05, 4.69) is 39.6 Å². The number of amides is 2. The molecule has 152 valence electrons. The largest absolute Gasteiger partial charge is 0.482 e. The van der Waals surface area contributed by atoms with Gasteiger partial charge in [-0.3, -0.25) is 9.59 Å². The molecule has 2 heterocycles. The molecule has 2 aromatic carbocycles. The highest BCUT2D eigenvalue weighted by molar-refractivity contribution is 5.95. The van der Waals surface area contributed by atoms with Gasteiger partial charge in [0.05, 0.1) is 5.69 Å². The lowest BCUT2D eigenvalue weighted by Gasteiger charge is -2.34. The Hall–Kier alpha value is -3.06. The van der Waals surface area contributed by atoms with Crippen LogP contribution in [0.15, 0.2) is 42.5 Å². The third-order valence-electron chi connectivity index (χ3n) is 5.34. The van der Waals surface area contributed by atoms with Gasteiger partial charge >= 0.3 is 0 Å². The molecule has 2 amide bonds. The van der Waals surface area contributed by atoms with Gasteiger partial charge in [-0.05, 0) is 55.4 Å². The Morgan fingerprint density at radius 3 is 2.62 bits per heavy atom. The fourth-order valence-corrected chi connectivity index (χ4v) is 3.59. The smallest absolute Gasteiger partial charge is 0.262 e. The number of carbonyl (C=O) groups excluding carboxylic acids is 2. The first kappa shape index (κ1) is 19.3. The summed E-state index contributed by atoms with van der Waals surface area (Å²) in [6, 6.07) is 13.7. The van der Waals surface area contributed by atoms with Crippen LogP contribution >= 0.6 is 0 Å². The zero-order valence-electron chi connectivity index (χ0n) is 16.6. The molecule has 0 radical (unpaired) electrons. The summed E-state index contributed by atoms with van der Waals surface area (Å²) in [4.78, 5) is 28.5. The molecule has 0 aromatic heterocycles. The summed E-state index contributed by atoms with van der Waals surface area (Å²) >= 11 is 0. The summed E-state index contributed by atoms with van der Waals surface area (Å²) in [6.45, 7) is 4.22. The van der Waals surface area contributed by atoms with E-state index >= 15 is 0 Å². The predicted octanol–water partition coefficient (Wildman–Crippen LogP) is 2.34. The third kappa shape index (κ3) is 4.86. The first-order chi connectivity index (χ1) is 14.1. The van der Waals surface area contributed by atoms with Crippen molar-refractivity contribution in [3.8, 4) is 5.75 Å². The summed E-state index contributed by atoms with van der Waals surface area (Å²) in [5.41, 5.74) is 3.64. The van der Waals surface area contributed by atoms with Gasteiger partial charge in [0, 0.05) is 44.0 Å². The molecule has 0 aliphatic carbocycles. The molecule has 29 heavy (non-hydrogen) atoms. The average molecular weight is 394 g/mol. The van der Waals surface area contributed by atoms with Crippen LogP contribution in [-0.2, 0) is 16.0 Å². The lowest BCUT2D eigenvalue weighted by Crippen LogP contribution is -2.44. The van der Waals surface area contributed by atoms with Crippen molar-refractivity contribution in [3.05, 3.63) is 48.0 Å². The maximum atomic E-state index is 12.3. The van der Waals surface area contributed by atoms with Crippen LogP contribution in [0.25, 0.3) is 0 Å². The van der Waals surface area contributed by atoms with Gasteiger partial charge in [-0.25, -0.2) is 0 Å². The fraction of sp³-hybridized carbons (Fsp3) is 0.364. The van der Waals surface area contributed by atoms with Gasteiger partial charge in [0.15, 0.2) is 6.61 Å². The third-order valence-corrected chi connectivity index (χ3v) is 5.34. The van der Waals surface area contributed by atoms with Crippen LogP contribution in [0, 0.1) is 0 Å². The first-order valence-corrected chi connectivity index (χ1v) is 9.96. The van der Waals surface area contributed by atoms with Crippen LogP contribution < -0.4 is 20.3 Å². The van der Waals surface area contributed by atoms with E-state index in [1.54, 1.807) is 0 Å². The highest BCUT2D eigenvalue weighted by Crippen LogP contribution is 2.29. The van der Waals surface area contributed by atoms with Gasteiger partial charge in [0.2, 0.25) is 5.91 Å². The number of hydrogen-bond donors (Lipinski definition) is 2. The molecule has 2 aliphatic rings. The lowest BCUT2D eigenvalue weighted by atomic mass is 10.1. The highest BCUT2D eigenvalue weighted by Gasteiger charge is 2.16. The van der Waals surface area contributed by atoms with E-state index < -0.39 is 0 Å². The quantitative estimate of drug-likeness (QED) is 0.814. The van der Waals surface area contributed by atoms with E-state index in [0.29, 0.717) is 24.3 Å². The minimum atomic E-state index is -0.160. The van der Waals surface area contributed by atoms with Crippen molar-refractivity contribution in [1.29, 1.82) is 0 Å². The standard InChI is InChI=1S/C22H26N4O3/c1-25-10-12-26(13-11-25)18-6-4-17(5-7-18)23-21(27)9-3-16-2-8-20-19(14-16)24-22(28)15-29-20/h2,4-8,14H,3,9-13,15H2,1H3,(H,23,27)(H,24,28). The zero-order chi connectivity index (χ0) is 20.2. The molecule has 2 N–H and O–H groups in total. The van der Waals surface area contributed by atoms with Gasteiger partial charge in [0.1, 0.15) is 5.75 Å². The molecular formula is C22H26N4O3. The molecule has 4 rings (SSSR count). The fourth-order valence-electron chi connectivity index (χ4n) is 3.59. The molecule has 0 atom stereocenters. The van der Waals surface area contributed by atoms with Crippen LogP contribution in [0.5, 0.6) is 5.75 Å². The average Bonchev–Trinajstić information content (AvgIpc) is 2.73. The number of hydrogen-bond acceptors (Lipinski definition) is 5. The van der Waals surface area contributed by atoms with Gasteiger partial charge in [0.25, 0.3) is 5.91 Å². The van der Waals surface area contributed by atoms with E-state index in [1.807, 2.05) is 30.3 Å². The first-order valence-electron chi connectivity index (χ1n) is 9.96. The number of ether oxygens (including phenoxy) is 1. The Balaban J connectivity index is 1.29. The number of nitrogens with one attached hydrogen (secondary N) is 2. The maximum absolute atomic E-state index is 12.3. The minimum absolute atomic E-state index is 0.0321. The number of carbonyl (C=O) groups is 2. The van der Waals surface area contributed by atoms with Crippen LogP contribution in [0.3, 0.4) is 0 Å². The predicted molar refractivity (Wildman–Crippen MR) is 114 cm³/mol. The monoisotopic (exact) mass is 394 g/mol. The number of nitrogens with zero attached hydrogens (tertiary/aromatic N) is 2. The van der Waals surface area contributed by atoms with Gasteiger partial charge in [-0.2, -0.15) is 0 Å². The molecule has 7 heteroatoms. The van der Waals surface area contributed by atoms with E-state index in [1.165, 1.54) is 5.69 Å². The van der Waals surface area contributed by atoms with Crippen LogP contribution in [-0.4, -0.2) is 56.5 Å². The summed E-state index contributed by atoms with van der Waals surface area (Å²) in [5.74, 6) is 0.473.